The molecule has 1 aromatic heterocycles. The van der Waals surface area contributed by atoms with Gasteiger partial charge in [0.15, 0.2) is 0 Å². The summed E-state index contributed by atoms with van der Waals surface area (Å²) in [5, 5.41) is 12.7. The number of aliphatic hydroxyl groups is 1. The summed E-state index contributed by atoms with van der Waals surface area (Å²) in [6.07, 6.45) is 1.27. The van der Waals surface area contributed by atoms with Crippen LogP contribution in [-0.2, 0) is 0 Å². The molecule has 1 aromatic carbocycles. The average Bonchev–Trinajstić information content (AvgIpc) is 2.85. The third-order valence-electron chi connectivity index (χ3n) is 2.65. The van der Waals surface area contributed by atoms with Gasteiger partial charge in [0, 0.05) is 11.0 Å². The van der Waals surface area contributed by atoms with Crippen LogP contribution < -0.4 is 5.32 Å². The summed E-state index contributed by atoms with van der Waals surface area (Å²) in [5.74, 6) is 0.845. The molecule has 0 aliphatic carbocycles. The molecular formula is C14H16BrNO2. The van der Waals surface area contributed by atoms with Crippen LogP contribution in [0.2, 0.25) is 0 Å². The van der Waals surface area contributed by atoms with E-state index in [9.17, 15) is 5.11 Å². The topological polar surface area (TPSA) is 45.4 Å². The van der Waals surface area contributed by atoms with Crippen LogP contribution in [0, 0.1) is 0 Å². The Morgan fingerprint density at radius 2 is 2.00 bits per heavy atom. The molecule has 4 heteroatoms. The molecule has 2 N–H and O–H groups in total. The number of nitrogens with one attached hydrogen (secondary N) is 1. The van der Waals surface area contributed by atoms with Crippen molar-refractivity contribution in [2.24, 2.45) is 0 Å². The molecule has 0 aliphatic rings. The zero-order chi connectivity index (χ0) is 13.0. The minimum absolute atomic E-state index is 0.0392. The first kappa shape index (κ1) is 13.3. The van der Waals surface area contributed by atoms with E-state index >= 15 is 0 Å². The molecule has 0 radical (unpaired) electrons. The van der Waals surface area contributed by atoms with Crippen molar-refractivity contribution in [1.82, 2.24) is 5.32 Å². The van der Waals surface area contributed by atoms with E-state index in [-0.39, 0.29) is 6.04 Å². The molecule has 3 nitrogen and oxygen atoms in total. The summed E-state index contributed by atoms with van der Waals surface area (Å²) >= 11 is 3.42. The minimum atomic E-state index is -0.391. The summed E-state index contributed by atoms with van der Waals surface area (Å²) in [6.45, 7) is 2.27. The highest BCUT2D eigenvalue weighted by molar-refractivity contribution is 9.10. The van der Waals surface area contributed by atoms with Gasteiger partial charge in [-0.1, -0.05) is 28.1 Å². The number of benzene rings is 1. The summed E-state index contributed by atoms with van der Waals surface area (Å²) in [6, 6.07) is 11.8. The fourth-order valence-electron chi connectivity index (χ4n) is 1.78. The Kier molecular flexibility index (Phi) is 4.58. The van der Waals surface area contributed by atoms with Crippen LogP contribution in [0.25, 0.3) is 0 Å². The summed E-state index contributed by atoms with van der Waals surface area (Å²) in [5.41, 5.74) is 1.11. The van der Waals surface area contributed by atoms with E-state index in [4.69, 9.17) is 4.42 Å². The smallest absolute Gasteiger partial charge is 0.125 e. The van der Waals surface area contributed by atoms with Gasteiger partial charge in [-0.25, -0.2) is 0 Å². The standard InChI is InChI=1S/C14H16BrNO2/c1-10(17)9-16-14(13-3-2-8-18-13)11-4-6-12(15)7-5-11/h2-8,10,14,16-17H,9H2,1H3/t10-,14?/m1/s1. The minimum Gasteiger partial charge on any atom is -0.467 e. The highest BCUT2D eigenvalue weighted by Gasteiger charge is 2.16. The maximum absolute atomic E-state index is 9.39. The largest absolute Gasteiger partial charge is 0.467 e. The van der Waals surface area contributed by atoms with Crippen molar-refractivity contribution >= 4 is 15.9 Å². The van der Waals surface area contributed by atoms with Gasteiger partial charge in [-0.2, -0.15) is 0 Å². The molecule has 1 unspecified atom stereocenters. The van der Waals surface area contributed by atoms with Gasteiger partial charge in [-0.3, -0.25) is 0 Å². The molecule has 2 aromatic rings. The number of aliphatic hydroxyl groups excluding tert-OH is 1. The fourth-order valence-corrected chi connectivity index (χ4v) is 2.05. The van der Waals surface area contributed by atoms with E-state index in [1.807, 2.05) is 36.4 Å². The van der Waals surface area contributed by atoms with E-state index < -0.39 is 6.10 Å². The molecule has 0 spiro atoms. The van der Waals surface area contributed by atoms with Crippen LogP contribution in [0.1, 0.15) is 24.3 Å². The molecule has 0 saturated carbocycles. The maximum atomic E-state index is 9.39. The van der Waals surface area contributed by atoms with E-state index in [0.717, 1.165) is 15.8 Å². The van der Waals surface area contributed by atoms with E-state index in [0.29, 0.717) is 6.54 Å². The Balaban J connectivity index is 2.21. The second-order valence-electron chi connectivity index (χ2n) is 4.26. The lowest BCUT2D eigenvalue weighted by atomic mass is 10.0. The van der Waals surface area contributed by atoms with Crippen LogP contribution >= 0.6 is 15.9 Å². The molecule has 0 bridgehead atoms. The zero-order valence-electron chi connectivity index (χ0n) is 10.1. The molecule has 2 atom stereocenters. The third-order valence-corrected chi connectivity index (χ3v) is 3.18. The van der Waals surface area contributed by atoms with Gasteiger partial charge < -0.3 is 14.8 Å². The molecule has 0 saturated heterocycles. The average molecular weight is 310 g/mol. The molecule has 18 heavy (non-hydrogen) atoms. The lowest BCUT2D eigenvalue weighted by molar-refractivity contribution is 0.186. The third kappa shape index (κ3) is 3.45. The van der Waals surface area contributed by atoms with Crippen LogP contribution in [0.5, 0.6) is 0 Å². The van der Waals surface area contributed by atoms with Gasteiger partial charge in [0.1, 0.15) is 5.76 Å². The molecule has 96 valence electrons. The Hall–Kier alpha value is -1.10. The lowest BCUT2D eigenvalue weighted by Crippen LogP contribution is -2.29. The van der Waals surface area contributed by atoms with Crippen LogP contribution in [0.3, 0.4) is 0 Å². The monoisotopic (exact) mass is 309 g/mol. The van der Waals surface area contributed by atoms with Gasteiger partial charge in [-0.05, 0) is 36.8 Å². The number of hydrogen-bond acceptors (Lipinski definition) is 3. The molecule has 0 aliphatic heterocycles. The zero-order valence-corrected chi connectivity index (χ0v) is 11.7. The second-order valence-corrected chi connectivity index (χ2v) is 5.17. The van der Waals surface area contributed by atoms with Crippen molar-refractivity contribution < 1.29 is 9.52 Å². The van der Waals surface area contributed by atoms with Crippen LogP contribution in [0.4, 0.5) is 0 Å². The van der Waals surface area contributed by atoms with Crippen LogP contribution in [0.15, 0.2) is 51.6 Å². The van der Waals surface area contributed by atoms with Crippen molar-refractivity contribution in [3.63, 3.8) is 0 Å². The van der Waals surface area contributed by atoms with Gasteiger partial charge in [-0.15, -0.1) is 0 Å². The SMILES string of the molecule is C[C@@H](O)CNC(c1ccc(Br)cc1)c1ccco1. The predicted octanol–water partition coefficient (Wildman–Crippen LogP) is 3.10. The Bertz CT molecular complexity index is 465. The van der Waals surface area contributed by atoms with Gasteiger partial charge in [0.05, 0.1) is 18.4 Å². The Morgan fingerprint density at radius 3 is 2.56 bits per heavy atom. The molecular weight excluding hydrogens is 294 g/mol. The highest BCUT2D eigenvalue weighted by atomic mass is 79.9. The molecule has 0 amide bonds. The first-order valence-corrected chi connectivity index (χ1v) is 6.66. The summed E-state index contributed by atoms with van der Waals surface area (Å²) < 4.78 is 6.50. The first-order chi connectivity index (χ1) is 8.66. The number of halogens is 1. The van der Waals surface area contributed by atoms with Gasteiger partial charge >= 0.3 is 0 Å². The molecule has 0 fully saturated rings. The summed E-state index contributed by atoms with van der Waals surface area (Å²) in [7, 11) is 0. The van der Waals surface area contributed by atoms with Crippen molar-refractivity contribution in [3.8, 4) is 0 Å². The molecule has 2 rings (SSSR count). The highest BCUT2D eigenvalue weighted by Crippen LogP contribution is 2.24. The first-order valence-electron chi connectivity index (χ1n) is 5.87. The molecule has 1 heterocycles. The number of furan rings is 1. The van der Waals surface area contributed by atoms with E-state index in [1.165, 1.54) is 0 Å². The van der Waals surface area contributed by atoms with Crippen LogP contribution in [-0.4, -0.2) is 17.8 Å². The van der Waals surface area contributed by atoms with E-state index in [2.05, 4.69) is 21.2 Å². The maximum Gasteiger partial charge on any atom is 0.125 e. The predicted molar refractivity (Wildman–Crippen MR) is 74.4 cm³/mol. The Morgan fingerprint density at radius 1 is 1.28 bits per heavy atom. The number of hydrogen-bond donors (Lipinski definition) is 2. The Labute approximate surface area is 115 Å². The fraction of sp³-hybridized carbons (Fsp3) is 0.286. The van der Waals surface area contributed by atoms with Gasteiger partial charge in [0.2, 0.25) is 0 Å². The van der Waals surface area contributed by atoms with Crippen molar-refractivity contribution in [3.05, 3.63) is 58.5 Å². The lowest BCUT2D eigenvalue weighted by Gasteiger charge is -2.18. The number of rotatable bonds is 5. The second kappa shape index (κ2) is 6.18. The normalized spacial score (nSPS) is 14.4. The van der Waals surface area contributed by atoms with Crippen molar-refractivity contribution in [1.29, 1.82) is 0 Å². The summed E-state index contributed by atoms with van der Waals surface area (Å²) in [4.78, 5) is 0. The van der Waals surface area contributed by atoms with E-state index in [1.54, 1.807) is 13.2 Å². The van der Waals surface area contributed by atoms with Crippen molar-refractivity contribution in [2.45, 2.75) is 19.1 Å². The quantitative estimate of drug-likeness (QED) is 0.892. The van der Waals surface area contributed by atoms with Crippen molar-refractivity contribution in [2.75, 3.05) is 6.54 Å². The van der Waals surface area contributed by atoms with Gasteiger partial charge in [0.25, 0.3) is 0 Å².